The van der Waals surface area contributed by atoms with Crippen LogP contribution in [0.5, 0.6) is 0 Å². The summed E-state index contributed by atoms with van der Waals surface area (Å²) in [5.41, 5.74) is 16.2. The molecule has 0 spiro atoms. The zero-order valence-corrected chi connectivity index (χ0v) is 13.0. The van der Waals surface area contributed by atoms with E-state index in [0.29, 0.717) is 27.9 Å². The second-order valence-corrected chi connectivity index (χ2v) is 4.43. The number of guanidine groups is 2. The zero-order chi connectivity index (χ0) is 18.0. The molecule has 23 heavy (non-hydrogen) atoms. The van der Waals surface area contributed by atoms with Crippen LogP contribution in [0.2, 0.25) is 10.0 Å². The number of benzene rings is 1. The van der Waals surface area contributed by atoms with Crippen molar-refractivity contribution in [1.29, 1.82) is 0 Å². The molecule has 1 aromatic carbocycles. The number of hydrogen-bond donors (Lipinski definition) is 5. The Kier molecular flexibility index (Phi) is 8.82. The minimum Gasteiger partial charge on any atom is -0.478 e. The Morgan fingerprint density at radius 2 is 1.52 bits per heavy atom. The summed E-state index contributed by atoms with van der Waals surface area (Å²) in [7, 11) is 0. The Morgan fingerprint density at radius 3 is 1.91 bits per heavy atom. The van der Waals surface area contributed by atoms with Crippen molar-refractivity contribution in [2.75, 3.05) is 0 Å². The summed E-state index contributed by atoms with van der Waals surface area (Å²) in [5.74, 6) is -2.72. The monoisotopic (exact) mass is 361 g/mol. The topological polar surface area (TPSA) is 177 Å². The molecule has 1 rings (SSSR count). The molecule has 0 aliphatic rings. The number of hydrogen-bond acceptors (Lipinski definition) is 3. The summed E-state index contributed by atoms with van der Waals surface area (Å²) < 4.78 is 0. The Morgan fingerprint density at radius 1 is 1.00 bits per heavy atom. The summed E-state index contributed by atoms with van der Waals surface area (Å²) in [4.78, 5) is 26.6. The van der Waals surface area contributed by atoms with Crippen LogP contribution >= 0.6 is 23.2 Å². The van der Waals surface area contributed by atoms with E-state index in [0.717, 1.165) is 0 Å². The van der Waals surface area contributed by atoms with E-state index in [9.17, 15) is 9.59 Å². The van der Waals surface area contributed by atoms with Gasteiger partial charge in [0.05, 0.1) is 15.7 Å². The fraction of sp³-hybridized carbons (Fsp3) is 0. The zero-order valence-electron chi connectivity index (χ0n) is 11.5. The van der Waals surface area contributed by atoms with Crippen LogP contribution in [0.15, 0.2) is 40.3 Å². The standard InChI is InChI=1S/C8H9Cl2N5.C4H4O4/c9-5-2-1-4(3-6(5)10)14-8(13)15-7(11)12;5-3(6)1-2-4(7)8/h1-3H,(H6,11,12,13,14,15);1-2H,(H,5,6)(H,7,8)/b;2-1+. The molecule has 0 saturated heterocycles. The van der Waals surface area contributed by atoms with Gasteiger partial charge in [0.1, 0.15) is 0 Å². The van der Waals surface area contributed by atoms with Gasteiger partial charge in [0.15, 0.2) is 5.96 Å². The number of halogens is 2. The Bertz CT molecular complexity index is 653. The van der Waals surface area contributed by atoms with Crippen molar-refractivity contribution in [3.63, 3.8) is 0 Å². The largest absolute Gasteiger partial charge is 0.478 e. The fourth-order valence-electron chi connectivity index (χ4n) is 0.987. The number of aliphatic carboxylic acids is 2. The first-order chi connectivity index (χ1) is 10.6. The van der Waals surface area contributed by atoms with Gasteiger partial charge in [0, 0.05) is 12.2 Å². The molecule has 1 aromatic rings. The third-order valence-corrected chi connectivity index (χ3v) is 2.50. The van der Waals surface area contributed by atoms with Gasteiger partial charge >= 0.3 is 11.9 Å². The number of carboxylic acid groups (broad SMARTS) is 2. The summed E-state index contributed by atoms with van der Waals surface area (Å²) >= 11 is 11.5. The van der Waals surface area contributed by atoms with Crippen LogP contribution in [0.25, 0.3) is 0 Å². The maximum absolute atomic E-state index is 9.55. The number of nitrogens with two attached hydrogens (primary N) is 3. The van der Waals surface area contributed by atoms with E-state index >= 15 is 0 Å². The van der Waals surface area contributed by atoms with Gasteiger partial charge in [-0.3, -0.25) is 0 Å². The molecular weight excluding hydrogens is 349 g/mol. The van der Waals surface area contributed by atoms with E-state index in [1.54, 1.807) is 18.2 Å². The van der Waals surface area contributed by atoms with Gasteiger partial charge in [0.2, 0.25) is 5.96 Å². The van der Waals surface area contributed by atoms with E-state index in [-0.39, 0.29) is 11.9 Å². The minimum atomic E-state index is -1.26. The molecule has 8 N–H and O–H groups in total. The van der Waals surface area contributed by atoms with Crippen molar-refractivity contribution in [3.05, 3.63) is 40.4 Å². The highest BCUT2D eigenvalue weighted by molar-refractivity contribution is 6.42. The third-order valence-electron chi connectivity index (χ3n) is 1.76. The molecule has 0 radical (unpaired) electrons. The smallest absolute Gasteiger partial charge is 0.328 e. The van der Waals surface area contributed by atoms with E-state index in [4.69, 9.17) is 50.6 Å². The van der Waals surface area contributed by atoms with Gasteiger partial charge in [0.25, 0.3) is 0 Å². The number of carbonyl (C=O) groups is 2. The molecule has 124 valence electrons. The molecule has 0 aliphatic carbocycles. The van der Waals surface area contributed by atoms with Crippen molar-refractivity contribution in [2.45, 2.75) is 0 Å². The van der Waals surface area contributed by atoms with E-state index in [1.165, 1.54) is 0 Å². The van der Waals surface area contributed by atoms with Crippen molar-refractivity contribution in [1.82, 2.24) is 0 Å². The molecule has 0 heterocycles. The lowest BCUT2D eigenvalue weighted by atomic mass is 10.3. The van der Waals surface area contributed by atoms with Crippen LogP contribution < -0.4 is 17.2 Å². The van der Waals surface area contributed by atoms with Crippen LogP contribution in [-0.2, 0) is 9.59 Å². The predicted octanol–water partition coefficient (Wildman–Crippen LogP) is 0.925. The average Bonchev–Trinajstić information content (AvgIpc) is 2.40. The fourth-order valence-corrected chi connectivity index (χ4v) is 1.28. The number of nitrogens with zero attached hydrogens (tertiary/aromatic N) is 2. The normalized spacial score (nSPS) is 10.6. The summed E-state index contributed by atoms with van der Waals surface area (Å²) in [6.07, 6.45) is 1.12. The van der Waals surface area contributed by atoms with Crippen LogP contribution in [0.1, 0.15) is 0 Å². The first-order valence-electron chi connectivity index (χ1n) is 5.64. The lowest BCUT2D eigenvalue weighted by Crippen LogP contribution is -2.26. The Balaban J connectivity index is 0.000000515. The van der Waals surface area contributed by atoms with E-state index in [2.05, 4.69) is 9.98 Å². The molecule has 0 atom stereocenters. The van der Waals surface area contributed by atoms with Gasteiger partial charge in [-0.05, 0) is 18.2 Å². The highest BCUT2D eigenvalue weighted by Crippen LogP contribution is 2.26. The van der Waals surface area contributed by atoms with Crippen molar-refractivity contribution < 1.29 is 19.8 Å². The van der Waals surface area contributed by atoms with E-state index in [1.807, 2.05) is 0 Å². The number of carboxylic acids is 2. The summed E-state index contributed by atoms with van der Waals surface area (Å²) in [6.45, 7) is 0. The lowest BCUT2D eigenvalue weighted by Gasteiger charge is -1.98. The number of aliphatic imine (C=N–C) groups is 2. The van der Waals surface area contributed by atoms with Crippen LogP contribution in [-0.4, -0.2) is 34.1 Å². The Labute approximate surface area is 140 Å². The molecule has 0 fully saturated rings. The van der Waals surface area contributed by atoms with Crippen LogP contribution in [0, 0.1) is 0 Å². The SMILES string of the molecule is NC(N)=NC(N)=Nc1ccc(Cl)c(Cl)c1.O=C(O)/C=C/C(=O)O. The van der Waals surface area contributed by atoms with Gasteiger partial charge in [-0.1, -0.05) is 23.2 Å². The molecule has 0 saturated carbocycles. The first kappa shape index (κ1) is 20.2. The molecule has 0 unspecified atom stereocenters. The van der Waals surface area contributed by atoms with Crippen molar-refractivity contribution >= 4 is 52.7 Å². The molecule has 0 bridgehead atoms. The minimum absolute atomic E-state index is 0.0478. The van der Waals surface area contributed by atoms with Gasteiger partial charge in [-0.25, -0.2) is 14.6 Å². The second-order valence-electron chi connectivity index (χ2n) is 3.61. The molecule has 0 aromatic heterocycles. The Hall–Kier alpha value is -2.78. The van der Waals surface area contributed by atoms with Gasteiger partial charge < -0.3 is 27.4 Å². The van der Waals surface area contributed by atoms with Crippen molar-refractivity contribution in [3.8, 4) is 0 Å². The maximum Gasteiger partial charge on any atom is 0.328 e. The highest BCUT2D eigenvalue weighted by atomic mass is 35.5. The van der Waals surface area contributed by atoms with Crippen LogP contribution in [0.3, 0.4) is 0 Å². The predicted molar refractivity (Wildman–Crippen MR) is 88.0 cm³/mol. The summed E-state index contributed by atoms with van der Waals surface area (Å²) in [6, 6.07) is 4.80. The lowest BCUT2D eigenvalue weighted by molar-refractivity contribution is -0.134. The van der Waals surface area contributed by atoms with Crippen molar-refractivity contribution in [2.24, 2.45) is 27.2 Å². The van der Waals surface area contributed by atoms with E-state index < -0.39 is 11.9 Å². The molecule has 0 amide bonds. The molecule has 11 heteroatoms. The van der Waals surface area contributed by atoms with Gasteiger partial charge in [-0.15, -0.1) is 0 Å². The quantitative estimate of drug-likeness (QED) is 0.301. The first-order valence-corrected chi connectivity index (χ1v) is 6.40. The highest BCUT2D eigenvalue weighted by Gasteiger charge is 1.99. The maximum atomic E-state index is 9.55. The molecule has 0 aliphatic heterocycles. The average molecular weight is 362 g/mol. The second kappa shape index (κ2) is 10.0. The van der Waals surface area contributed by atoms with Gasteiger partial charge in [-0.2, -0.15) is 4.99 Å². The molecule has 9 nitrogen and oxygen atoms in total. The number of rotatable bonds is 3. The van der Waals surface area contributed by atoms with Crippen LogP contribution in [0.4, 0.5) is 5.69 Å². The summed E-state index contributed by atoms with van der Waals surface area (Å²) in [5, 5.41) is 16.4. The molecular formula is C12H13Cl2N5O4. The third kappa shape index (κ3) is 10.6.